The quantitative estimate of drug-likeness (QED) is 0.788. The van der Waals surface area contributed by atoms with E-state index in [0.29, 0.717) is 12.1 Å². The molecular weight excluding hydrogens is 273 g/mol. The maximum Gasteiger partial charge on any atom is 0.184 e. The first-order valence-corrected chi connectivity index (χ1v) is 7.30. The number of aromatic nitrogens is 2. The molecule has 0 radical (unpaired) electrons. The fraction of sp³-hybridized carbons (Fsp3) is 0.200. The van der Waals surface area contributed by atoms with Crippen molar-refractivity contribution in [2.45, 2.75) is 19.9 Å². The molecule has 0 bridgehead atoms. The predicted molar refractivity (Wildman–Crippen MR) is 80.5 cm³/mol. The van der Waals surface area contributed by atoms with Crippen LogP contribution in [0.4, 0.5) is 9.52 Å². The van der Waals surface area contributed by atoms with Gasteiger partial charge >= 0.3 is 0 Å². The molecule has 3 aromatic rings. The standard InChI is InChI=1S/C15H14FN3S/c1-2-10-4-3-7-17-13(10)9-18-15-19-12-8-11(16)5-6-14(12)20-15/h3-8H,2,9H2,1H3,(H,18,19). The van der Waals surface area contributed by atoms with Crippen LogP contribution in [0, 0.1) is 5.82 Å². The van der Waals surface area contributed by atoms with Gasteiger partial charge < -0.3 is 5.32 Å². The zero-order chi connectivity index (χ0) is 13.9. The van der Waals surface area contributed by atoms with Crippen LogP contribution in [0.15, 0.2) is 36.5 Å². The minimum atomic E-state index is -0.257. The molecule has 20 heavy (non-hydrogen) atoms. The highest BCUT2D eigenvalue weighted by molar-refractivity contribution is 7.22. The van der Waals surface area contributed by atoms with Crippen LogP contribution >= 0.6 is 11.3 Å². The summed E-state index contributed by atoms with van der Waals surface area (Å²) in [6.45, 7) is 2.74. The molecule has 3 nitrogen and oxygen atoms in total. The first-order valence-electron chi connectivity index (χ1n) is 6.49. The number of fused-ring (bicyclic) bond motifs is 1. The number of hydrogen-bond acceptors (Lipinski definition) is 4. The fourth-order valence-electron chi connectivity index (χ4n) is 2.09. The summed E-state index contributed by atoms with van der Waals surface area (Å²) in [5.74, 6) is -0.257. The molecule has 1 N–H and O–H groups in total. The molecule has 0 atom stereocenters. The van der Waals surface area contributed by atoms with E-state index in [4.69, 9.17) is 0 Å². The number of nitrogens with zero attached hydrogens (tertiary/aromatic N) is 2. The minimum absolute atomic E-state index is 0.257. The molecule has 0 saturated heterocycles. The molecule has 0 aliphatic rings. The van der Waals surface area contributed by atoms with Crippen molar-refractivity contribution in [1.82, 2.24) is 9.97 Å². The molecule has 1 aromatic carbocycles. The summed E-state index contributed by atoms with van der Waals surface area (Å²) in [7, 11) is 0. The number of anilines is 1. The molecule has 5 heteroatoms. The second-order valence-electron chi connectivity index (χ2n) is 4.45. The van der Waals surface area contributed by atoms with E-state index in [2.05, 4.69) is 28.3 Å². The van der Waals surface area contributed by atoms with E-state index in [0.717, 1.165) is 21.9 Å². The third-order valence-electron chi connectivity index (χ3n) is 3.12. The number of hydrogen-bond donors (Lipinski definition) is 1. The van der Waals surface area contributed by atoms with E-state index >= 15 is 0 Å². The van der Waals surface area contributed by atoms with Gasteiger partial charge in [-0.1, -0.05) is 24.3 Å². The minimum Gasteiger partial charge on any atom is -0.356 e. The Kier molecular flexibility index (Phi) is 3.60. The van der Waals surface area contributed by atoms with Crippen LogP contribution in [0.25, 0.3) is 10.2 Å². The van der Waals surface area contributed by atoms with Crippen molar-refractivity contribution in [3.63, 3.8) is 0 Å². The van der Waals surface area contributed by atoms with Crippen LogP contribution in [0.1, 0.15) is 18.2 Å². The first kappa shape index (κ1) is 13.0. The van der Waals surface area contributed by atoms with Gasteiger partial charge in [0.1, 0.15) is 5.82 Å². The topological polar surface area (TPSA) is 37.8 Å². The Labute approximate surface area is 120 Å². The van der Waals surface area contributed by atoms with Gasteiger partial charge in [-0.2, -0.15) is 0 Å². The monoisotopic (exact) mass is 287 g/mol. The van der Waals surface area contributed by atoms with Gasteiger partial charge in [0.25, 0.3) is 0 Å². The van der Waals surface area contributed by atoms with Crippen LogP contribution in [0.5, 0.6) is 0 Å². The van der Waals surface area contributed by atoms with Gasteiger partial charge in [0.15, 0.2) is 5.13 Å². The highest BCUT2D eigenvalue weighted by atomic mass is 32.1. The summed E-state index contributed by atoms with van der Waals surface area (Å²) in [5, 5.41) is 4.06. The Bertz CT molecular complexity index is 739. The average Bonchev–Trinajstić information content (AvgIpc) is 2.87. The summed E-state index contributed by atoms with van der Waals surface area (Å²) >= 11 is 1.52. The summed E-state index contributed by atoms with van der Waals surface area (Å²) in [6.07, 6.45) is 2.75. The Morgan fingerprint density at radius 1 is 1.30 bits per heavy atom. The van der Waals surface area contributed by atoms with Gasteiger partial charge in [-0.25, -0.2) is 9.37 Å². The number of benzene rings is 1. The van der Waals surface area contributed by atoms with E-state index in [1.807, 2.05) is 6.07 Å². The van der Waals surface area contributed by atoms with Crippen LogP contribution in [-0.2, 0) is 13.0 Å². The lowest BCUT2D eigenvalue weighted by Gasteiger charge is -2.06. The van der Waals surface area contributed by atoms with Gasteiger partial charge in [-0.3, -0.25) is 4.98 Å². The van der Waals surface area contributed by atoms with Gasteiger partial charge in [0.05, 0.1) is 22.5 Å². The Balaban J connectivity index is 1.79. The van der Waals surface area contributed by atoms with E-state index < -0.39 is 0 Å². The summed E-state index contributed by atoms with van der Waals surface area (Å²) < 4.78 is 14.1. The van der Waals surface area contributed by atoms with E-state index in [-0.39, 0.29) is 5.82 Å². The van der Waals surface area contributed by atoms with Crippen molar-refractivity contribution in [2.75, 3.05) is 5.32 Å². The summed E-state index contributed by atoms with van der Waals surface area (Å²) in [4.78, 5) is 8.77. The zero-order valence-corrected chi connectivity index (χ0v) is 11.9. The van der Waals surface area contributed by atoms with E-state index in [9.17, 15) is 4.39 Å². The van der Waals surface area contributed by atoms with Crippen LogP contribution in [0.3, 0.4) is 0 Å². The third-order valence-corrected chi connectivity index (χ3v) is 4.12. The lowest BCUT2D eigenvalue weighted by molar-refractivity contribution is 0.629. The van der Waals surface area contributed by atoms with Crippen molar-refractivity contribution < 1.29 is 4.39 Å². The van der Waals surface area contributed by atoms with Gasteiger partial charge in [-0.05, 0) is 30.2 Å². The maximum atomic E-state index is 13.1. The molecule has 0 fully saturated rings. The molecule has 0 unspecified atom stereocenters. The number of aryl methyl sites for hydroxylation is 1. The molecule has 0 aliphatic heterocycles. The molecule has 0 saturated carbocycles. The second-order valence-corrected chi connectivity index (χ2v) is 5.48. The smallest absolute Gasteiger partial charge is 0.184 e. The Morgan fingerprint density at radius 2 is 2.20 bits per heavy atom. The van der Waals surface area contributed by atoms with Gasteiger partial charge in [-0.15, -0.1) is 0 Å². The van der Waals surface area contributed by atoms with Crippen LogP contribution in [-0.4, -0.2) is 9.97 Å². The molecule has 0 spiro atoms. The molecule has 2 aromatic heterocycles. The van der Waals surface area contributed by atoms with Crippen molar-refractivity contribution in [1.29, 1.82) is 0 Å². The molecule has 0 amide bonds. The second kappa shape index (κ2) is 5.54. The third kappa shape index (κ3) is 2.63. The SMILES string of the molecule is CCc1cccnc1CNc1nc2cc(F)ccc2s1. The maximum absolute atomic E-state index is 13.1. The summed E-state index contributed by atoms with van der Waals surface area (Å²) in [6, 6.07) is 8.69. The van der Waals surface area contributed by atoms with Crippen LogP contribution < -0.4 is 5.32 Å². The molecule has 3 rings (SSSR count). The van der Waals surface area contributed by atoms with E-state index in [1.54, 1.807) is 12.3 Å². The molecule has 102 valence electrons. The average molecular weight is 287 g/mol. The van der Waals surface area contributed by atoms with Crippen molar-refractivity contribution >= 4 is 26.7 Å². The first-order chi connectivity index (χ1) is 9.76. The molecular formula is C15H14FN3S. The molecule has 0 aliphatic carbocycles. The predicted octanol–water partition coefficient (Wildman–Crippen LogP) is 4.00. The number of halogens is 1. The van der Waals surface area contributed by atoms with Crippen molar-refractivity contribution in [2.24, 2.45) is 0 Å². The van der Waals surface area contributed by atoms with Crippen molar-refractivity contribution in [3.8, 4) is 0 Å². The van der Waals surface area contributed by atoms with Gasteiger partial charge in [0.2, 0.25) is 0 Å². The zero-order valence-electron chi connectivity index (χ0n) is 11.1. The number of pyridine rings is 1. The Hall–Kier alpha value is -2.01. The number of rotatable bonds is 4. The Morgan fingerprint density at radius 3 is 3.05 bits per heavy atom. The molecule has 2 heterocycles. The van der Waals surface area contributed by atoms with E-state index in [1.165, 1.54) is 29.0 Å². The number of thiazole rings is 1. The summed E-state index contributed by atoms with van der Waals surface area (Å²) in [5.41, 5.74) is 2.95. The number of nitrogens with one attached hydrogen (secondary N) is 1. The fourth-order valence-corrected chi connectivity index (χ4v) is 2.93. The largest absolute Gasteiger partial charge is 0.356 e. The highest BCUT2D eigenvalue weighted by Gasteiger charge is 2.06. The van der Waals surface area contributed by atoms with Crippen LogP contribution in [0.2, 0.25) is 0 Å². The highest BCUT2D eigenvalue weighted by Crippen LogP contribution is 2.26. The van der Waals surface area contributed by atoms with Crippen molar-refractivity contribution in [3.05, 3.63) is 53.6 Å². The lowest BCUT2D eigenvalue weighted by atomic mass is 10.1. The normalized spacial score (nSPS) is 10.9. The lowest BCUT2D eigenvalue weighted by Crippen LogP contribution is -2.04. The van der Waals surface area contributed by atoms with Gasteiger partial charge in [0, 0.05) is 12.3 Å².